The summed E-state index contributed by atoms with van der Waals surface area (Å²) in [6, 6.07) is 8.13. The number of benzene rings is 1. The first-order valence-corrected chi connectivity index (χ1v) is 5.43. The Morgan fingerprint density at radius 2 is 1.82 bits per heavy atom. The van der Waals surface area contributed by atoms with Crippen LogP contribution in [0.25, 0.3) is 0 Å². The van der Waals surface area contributed by atoms with Crippen LogP contribution in [0, 0.1) is 0 Å². The zero-order valence-corrected chi connectivity index (χ0v) is 9.18. The molecule has 0 saturated carbocycles. The summed E-state index contributed by atoms with van der Waals surface area (Å²) in [6.45, 7) is 0. The molecular weight excluding hydrogens is 251 g/mol. The van der Waals surface area contributed by atoms with Gasteiger partial charge in [0.05, 0.1) is 4.88 Å². The number of hydrogen-bond acceptors (Lipinski definition) is 3. The number of nitrogens with zero attached hydrogens (tertiary/aromatic N) is 1. The fraction of sp³-hybridized carbons (Fsp3) is 0.0909. The number of alkyl halides is 3. The monoisotopic (exact) mass is 257 g/mol. The van der Waals surface area contributed by atoms with E-state index in [0.717, 1.165) is 6.20 Å². The van der Waals surface area contributed by atoms with Crippen LogP contribution in [-0.4, -0.2) is 10.8 Å². The minimum Gasteiger partial charge on any atom is -0.288 e. The molecular formula is C11H6F3NOS. The van der Waals surface area contributed by atoms with Crippen molar-refractivity contribution in [1.82, 2.24) is 4.98 Å². The number of halogens is 3. The zero-order valence-electron chi connectivity index (χ0n) is 8.36. The number of aromatic nitrogens is 1. The third kappa shape index (κ3) is 2.52. The quantitative estimate of drug-likeness (QED) is 0.772. The molecule has 0 bridgehead atoms. The van der Waals surface area contributed by atoms with Crippen LogP contribution in [0.2, 0.25) is 0 Å². The summed E-state index contributed by atoms with van der Waals surface area (Å²) in [4.78, 5) is 15.0. The molecule has 0 radical (unpaired) electrons. The standard InChI is InChI=1S/C11H6F3NOS/c12-11(13,14)10-15-6-8(17-10)9(16)7-4-2-1-3-5-7/h1-6H. The second-order valence-corrected chi connectivity index (χ2v) is 4.25. The Morgan fingerprint density at radius 3 is 2.35 bits per heavy atom. The predicted molar refractivity (Wildman–Crippen MR) is 57.0 cm³/mol. The largest absolute Gasteiger partial charge is 0.443 e. The van der Waals surface area contributed by atoms with Gasteiger partial charge in [-0.25, -0.2) is 4.98 Å². The second-order valence-electron chi connectivity index (χ2n) is 3.22. The molecule has 0 atom stereocenters. The lowest BCUT2D eigenvalue weighted by molar-refractivity contribution is -0.137. The van der Waals surface area contributed by atoms with Crippen LogP contribution in [0.5, 0.6) is 0 Å². The van der Waals surface area contributed by atoms with E-state index in [1.54, 1.807) is 30.3 Å². The number of rotatable bonds is 2. The van der Waals surface area contributed by atoms with Crippen LogP contribution < -0.4 is 0 Å². The van der Waals surface area contributed by atoms with Crippen molar-refractivity contribution < 1.29 is 18.0 Å². The topological polar surface area (TPSA) is 30.0 Å². The van der Waals surface area contributed by atoms with Crippen LogP contribution in [-0.2, 0) is 6.18 Å². The van der Waals surface area contributed by atoms with Gasteiger partial charge in [-0.1, -0.05) is 30.3 Å². The first-order chi connectivity index (χ1) is 7.98. The summed E-state index contributed by atoms with van der Waals surface area (Å²) >= 11 is 0.357. The average molecular weight is 257 g/mol. The lowest BCUT2D eigenvalue weighted by Gasteiger charge is -1.99. The van der Waals surface area contributed by atoms with Crippen LogP contribution >= 0.6 is 11.3 Å². The van der Waals surface area contributed by atoms with E-state index in [9.17, 15) is 18.0 Å². The lowest BCUT2D eigenvalue weighted by Crippen LogP contribution is -2.03. The highest BCUT2D eigenvalue weighted by Crippen LogP contribution is 2.32. The maximum Gasteiger partial charge on any atom is 0.443 e. The molecule has 2 nitrogen and oxygen atoms in total. The molecule has 17 heavy (non-hydrogen) atoms. The van der Waals surface area contributed by atoms with E-state index in [2.05, 4.69) is 4.98 Å². The molecule has 0 amide bonds. The summed E-state index contributed by atoms with van der Waals surface area (Å²) in [5.74, 6) is -0.446. The maximum absolute atomic E-state index is 12.3. The van der Waals surface area contributed by atoms with Gasteiger partial charge in [-0.05, 0) is 0 Å². The number of ketones is 1. The van der Waals surface area contributed by atoms with Crippen LogP contribution in [0.1, 0.15) is 20.2 Å². The summed E-state index contributed by atoms with van der Waals surface area (Å²) in [7, 11) is 0. The Hall–Kier alpha value is -1.69. The molecule has 1 aromatic heterocycles. The molecule has 0 fully saturated rings. The van der Waals surface area contributed by atoms with Crippen molar-refractivity contribution >= 4 is 17.1 Å². The van der Waals surface area contributed by atoms with E-state index in [-0.39, 0.29) is 4.88 Å². The van der Waals surface area contributed by atoms with Gasteiger partial charge in [0.2, 0.25) is 5.78 Å². The van der Waals surface area contributed by atoms with Gasteiger partial charge in [0, 0.05) is 11.8 Å². The maximum atomic E-state index is 12.3. The Balaban J connectivity index is 2.30. The SMILES string of the molecule is O=C(c1ccccc1)c1cnc(C(F)(F)F)s1. The molecule has 6 heteroatoms. The Bertz CT molecular complexity index is 533. The number of hydrogen-bond donors (Lipinski definition) is 0. The number of carbonyl (C=O) groups is 1. The summed E-state index contributed by atoms with van der Waals surface area (Å²) in [5, 5.41) is -1.00. The molecule has 0 spiro atoms. The molecule has 2 rings (SSSR count). The van der Waals surface area contributed by atoms with Gasteiger partial charge in [-0.3, -0.25) is 4.79 Å². The van der Waals surface area contributed by atoms with Gasteiger partial charge in [0.25, 0.3) is 0 Å². The highest BCUT2D eigenvalue weighted by Gasteiger charge is 2.35. The average Bonchev–Trinajstić information content (AvgIpc) is 2.78. The second kappa shape index (κ2) is 4.29. The normalized spacial score (nSPS) is 11.5. The highest BCUT2D eigenvalue weighted by atomic mass is 32.1. The van der Waals surface area contributed by atoms with Crippen molar-refractivity contribution in [2.45, 2.75) is 6.18 Å². The number of carbonyl (C=O) groups excluding carboxylic acids is 1. The van der Waals surface area contributed by atoms with Crippen molar-refractivity contribution in [3.63, 3.8) is 0 Å². The third-order valence-electron chi connectivity index (χ3n) is 2.01. The zero-order chi connectivity index (χ0) is 12.5. The minimum atomic E-state index is -4.50. The van der Waals surface area contributed by atoms with E-state index < -0.39 is 17.0 Å². The Labute approximate surface area is 98.7 Å². The lowest BCUT2D eigenvalue weighted by atomic mass is 10.1. The molecule has 1 heterocycles. The van der Waals surface area contributed by atoms with Gasteiger partial charge >= 0.3 is 6.18 Å². The van der Waals surface area contributed by atoms with Crippen molar-refractivity contribution in [3.05, 3.63) is 52.0 Å². The summed E-state index contributed by atoms with van der Waals surface area (Å²) in [6.07, 6.45) is -3.54. The fourth-order valence-corrected chi connectivity index (χ4v) is 1.99. The minimum absolute atomic E-state index is 0.0106. The van der Waals surface area contributed by atoms with Crippen molar-refractivity contribution in [1.29, 1.82) is 0 Å². The predicted octanol–water partition coefficient (Wildman–Crippen LogP) is 3.39. The third-order valence-corrected chi connectivity index (χ3v) is 3.05. The molecule has 0 unspecified atom stereocenters. The van der Waals surface area contributed by atoms with E-state index >= 15 is 0 Å². The van der Waals surface area contributed by atoms with Crippen molar-refractivity contribution in [3.8, 4) is 0 Å². The molecule has 2 aromatic rings. The molecule has 88 valence electrons. The Kier molecular flexibility index (Phi) is 2.97. The highest BCUT2D eigenvalue weighted by molar-refractivity contribution is 7.13. The van der Waals surface area contributed by atoms with Gasteiger partial charge < -0.3 is 0 Å². The van der Waals surface area contributed by atoms with Crippen molar-refractivity contribution in [2.24, 2.45) is 0 Å². The molecule has 0 aliphatic rings. The van der Waals surface area contributed by atoms with Crippen LogP contribution in [0.15, 0.2) is 36.5 Å². The first kappa shape index (κ1) is 11.8. The van der Waals surface area contributed by atoms with Gasteiger partial charge in [0.1, 0.15) is 0 Å². The summed E-state index contributed by atoms with van der Waals surface area (Å²) < 4.78 is 36.9. The van der Waals surface area contributed by atoms with Crippen LogP contribution in [0.4, 0.5) is 13.2 Å². The fourth-order valence-electron chi connectivity index (χ4n) is 1.24. The van der Waals surface area contributed by atoms with Gasteiger partial charge in [-0.15, -0.1) is 11.3 Å². The van der Waals surface area contributed by atoms with Gasteiger partial charge in [0.15, 0.2) is 5.01 Å². The molecule has 0 N–H and O–H groups in total. The molecule has 1 aromatic carbocycles. The van der Waals surface area contributed by atoms with E-state index in [0.29, 0.717) is 16.9 Å². The van der Waals surface area contributed by atoms with E-state index in [4.69, 9.17) is 0 Å². The van der Waals surface area contributed by atoms with Crippen molar-refractivity contribution in [2.75, 3.05) is 0 Å². The molecule has 0 saturated heterocycles. The summed E-state index contributed by atoms with van der Waals surface area (Å²) in [5.41, 5.74) is 0.352. The smallest absolute Gasteiger partial charge is 0.288 e. The van der Waals surface area contributed by atoms with Crippen LogP contribution in [0.3, 0.4) is 0 Å². The van der Waals surface area contributed by atoms with E-state index in [1.807, 2.05) is 0 Å². The molecule has 0 aliphatic carbocycles. The molecule has 0 aliphatic heterocycles. The Morgan fingerprint density at radius 1 is 1.18 bits per heavy atom. The van der Waals surface area contributed by atoms with E-state index in [1.165, 1.54) is 0 Å². The first-order valence-electron chi connectivity index (χ1n) is 4.61. The van der Waals surface area contributed by atoms with Gasteiger partial charge in [-0.2, -0.15) is 13.2 Å². The number of thiazole rings is 1.